The third kappa shape index (κ3) is 6.47. The van der Waals surface area contributed by atoms with Crippen LogP contribution in [0, 0.1) is 0 Å². The molecule has 2 N–H and O–H groups in total. The Morgan fingerprint density at radius 1 is 1.04 bits per heavy atom. The van der Waals surface area contributed by atoms with E-state index in [0.29, 0.717) is 13.3 Å². The molecule has 0 unspecified atom stereocenters. The molecular weight excluding hydrogens is 469 g/mol. The predicted molar refractivity (Wildman–Crippen MR) is 122 cm³/mol. The van der Waals surface area contributed by atoms with Crippen molar-refractivity contribution >= 4 is 29.9 Å². The van der Waals surface area contributed by atoms with Crippen molar-refractivity contribution in [3.63, 3.8) is 0 Å². The highest BCUT2D eigenvalue weighted by atomic mass is 127. The van der Waals surface area contributed by atoms with Crippen molar-refractivity contribution in [3.05, 3.63) is 53.6 Å². The summed E-state index contributed by atoms with van der Waals surface area (Å²) < 4.78 is 16.0. The molecule has 0 fully saturated rings. The van der Waals surface area contributed by atoms with Crippen molar-refractivity contribution in [2.75, 3.05) is 33.5 Å². The molecule has 28 heavy (non-hydrogen) atoms. The molecule has 1 aliphatic heterocycles. The van der Waals surface area contributed by atoms with Crippen LogP contribution in [0.4, 0.5) is 0 Å². The van der Waals surface area contributed by atoms with Gasteiger partial charge in [-0.25, -0.2) is 0 Å². The molecule has 0 atom stereocenters. The van der Waals surface area contributed by atoms with Crippen LogP contribution in [0.5, 0.6) is 17.2 Å². The summed E-state index contributed by atoms with van der Waals surface area (Å²) in [4.78, 5) is 4.66. The summed E-state index contributed by atoms with van der Waals surface area (Å²) in [5, 5.41) is 6.68. The third-order valence-corrected chi connectivity index (χ3v) is 4.29. The van der Waals surface area contributed by atoms with Gasteiger partial charge >= 0.3 is 0 Å². The van der Waals surface area contributed by atoms with Gasteiger partial charge in [-0.05, 0) is 55.2 Å². The van der Waals surface area contributed by atoms with Gasteiger partial charge in [0.05, 0.1) is 7.11 Å². The van der Waals surface area contributed by atoms with Gasteiger partial charge in [0.2, 0.25) is 6.79 Å². The number of aliphatic imine (C=N–C) groups is 1. The van der Waals surface area contributed by atoms with Gasteiger partial charge in [0.15, 0.2) is 17.5 Å². The topological polar surface area (TPSA) is 64.1 Å². The maximum atomic E-state index is 5.43. The van der Waals surface area contributed by atoms with E-state index in [9.17, 15) is 0 Å². The maximum Gasteiger partial charge on any atom is 0.231 e. The highest BCUT2D eigenvalue weighted by molar-refractivity contribution is 14.0. The molecule has 0 saturated carbocycles. The Kier molecular flexibility index (Phi) is 9.19. The number of halogens is 1. The van der Waals surface area contributed by atoms with Crippen LogP contribution in [0.15, 0.2) is 47.5 Å². The first-order valence-electron chi connectivity index (χ1n) is 9.32. The summed E-state index contributed by atoms with van der Waals surface area (Å²) in [5.41, 5.74) is 2.42. The van der Waals surface area contributed by atoms with Crippen LogP contribution in [0.25, 0.3) is 0 Å². The second kappa shape index (κ2) is 11.6. The van der Waals surface area contributed by atoms with Gasteiger partial charge in [0, 0.05) is 19.6 Å². The number of benzene rings is 2. The van der Waals surface area contributed by atoms with Gasteiger partial charge in [0.1, 0.15) is 5.75 Å². The van der Waals surface area contributed by atoms with Gasteiger partial charge in [-0.1, -0.05) is 18.2 Å². The van der Waals surface area contributed by atoms with Crippen LogP contribution in [0.2, 0.25) is 0 Å². The highest BCUT2D eigenvalue weighted by Crippen LogP contribution is 2.32. The van der Waals surface area contributed by atoms with E-state index in [1.54, 1.807) is 7.11 Å². The van der Waals surface area contributed by atoms with E-state index in [4.69, 9.17) is 14.2 Å². The number of nitrogens with one attached hydrogen (secondary N) is 2. The zero-order valence-corrected chi connectivity index (χ0v) is 18.7. The van der Waals surface area contributed by atoms with E-state index in [2.05, 4.69) is 40.7 Å². The monoisotopic (exact) mass is 497 g/mol. The summed E-state index contributed by atoms with van der Waals surface area (Å²) in [5.74, 6) is 3.35. The fourth-order valence-corrected chi connectivity index (χ4v) is 2.89. The molecule has 0 bridgehead atoms. The van der Waals surface area contributed by atoms with Gasteiger partial charge in [0.25, 0.3) is 0 Å². The second-order valence-electron chi connectivity index (χ2n) is 6.23. The van der Waals surface area contributed by atoms with Crippen LogP contribution >= 0.6 is 24.0 Å². The van der Waals surface area contributed by atoms with Crippen molar-refractivity contribution in [1.82, 2.24) is 10.6 Å². The lowest BCUT2D eigenvalue weighted by atomic mass is 10.1. The lowest BCUT2D eigenvalue weighted by Gasteiger charge is -2.12. The Hall–Kier alpha value is -2.16. The molecule has 152 valence electrons. The molecule has 1 heterocycles. The van der Waals surface area contributed by atoms with Crippen LogP contribution in [-0.4, -0.2) is 39.5 Å². The Morgan fingerprint density at radius 3 is 2.68 bits per heavy atom. The van der Waals surface area contributed by atoms with Crippen molar-refractivity contribution in [2.45, 2.75) is 19.8 Å². The quantitative estimate of drug-likeness (QED) is 0.333. The minimum absolute atomic E-state index is 0. The summed E-state index contributed by atoms with van der Waals surface area (Å²) in [6.45, 7) is 4.71. The highest BCUT2D eigenvalue weighted by Gasteiger charge is 2.12. The Balaban J connectivity index is 0.00000280. The van der Waals surface area contributed by atoms with E-state index in [0.717, 1.165) is 49.1 Å². The standard InChI is InChI=1S/C21H27N3O3.HI/c1-3-22-21(23-11-9-16-5-4-6-18(13-16)25-2)24-12-10-17-7-8-19-20(14-17)27-15-26-19;/h4-8,13-14H,3,9-12,15H2,1-2H3,(H2,22,23,24);1H. The SMILES string of the molecule is CCNC(=NCCc1ccc2c(c1)OCO2)NCCc1cccc(OC)c1.I. The Bertz CT molecular complexity index is 783. The molecule has 2 aromatic rings. The molecule has 0 aliphatic carbocycles. The maximum absolute atomic E-state index is 5.43. The lowest BCUT2D eigenvalue weighted by Crippen LogP contribution is -2.38. The number of ether oxygens (including phenoxy) is 3. The van der Waals surface area contributed by atoms with E-state index in [1.807, 2.05) is 24.3 Å². The molecule has 0 aromatic heterocycles. The molecule has 0 radical (unpaired) electrons. The smallest absolute Gasteiger partial charge is 0.231 e. The van der Waals surface area contributed by atoms with E-state index >= 15 is 0 Å². The van der Waals surface area contributed by atoms with E-state index in [1.165, 1.54) is 11.1 Å². The van der Waals surface area contributed by atoms with E-state index in [-0.39, 0.29) is 24.0 Å². The zero-order valence-electron chi connectivity index (χ0n) is 16.4. The second-order valence-corrected chi connectivity index (χ2v) is 6.23. The molecular formula is C21H28IN3O3. The van der Waals surface area contributed by atoms with Crippen LogP contribution in [0.3, 0.4) is 0 Å². The molecule has 6 nitrogen and oxygen atoms in total. The summed E-state index contributed by atoms with van der Waals surface area (Å²) in [7, 11) is 1.69. The average molecular weight is 497 g/mol. The van der Waals surface area contributed by atoms with Crippen LogP contribution < -0.4 is 24.8 Å². The van der Waals surface area contributed by atoms with Crippen LogP contribution in [0.1, 0.15) is 18.1 Å². The number of hydrogen-bond donors (Lipinski definition) is 2. The molecule has 0 spiro atoms. The third-order valence-electron chi connectivity index (χ3n) is 4.29. The fraction of sp³-hybridized carbons (Fsp3) is 0.381. The normalized spacial score (nSPS) is 12.3. The first-order chi connectivity index (χ1) is 13.3. The number of rotatable bonds is 8. The first kappa shape index (κ1) is 22.1. The Morgan fingerprint density at radius 2 is 1.86 bits per heavy atom. The van der Waals surface area contributed by atoms with Gasteiger partial charge in [-0.15, -0.1) is 24.0 Å². The summed E-state index contributed by atoms with van der Waals surface area (Å²) >= 11 is 0. The number of hydrogen-bond acceptors (Lipinski definition) is 4. The summed E-state index contributed by atoms with van der Waals surface area (Å²) in [6.07, 6.45) is 1.76. The number of guanidine groups is 1. The average Bonchev–Trinajstić information content (AvgIpc) is 3.16. The van der Waals surface area contributed by atoms with Crippen molar-refractivity contribution in [3.8, 4) is 17.2 Å². The van der Waals surface area contributed by atoms with Crippen molar-refractivity contribution < 1.29 is 14.2 Å². The lowest BCUT2D eigenvalue weighted by molar-refractivity contribution is 0.174. The zero-order chi connectivity index (χ0) is 18.9. The first-order valence-corrected chi connectivity index (χ1v) is 9.32. The molecule has 3 rings (SSSR count). The molecule has 0 amide bonds. The predicted octanol–water partition coefficient (Wildman–Crippen LogP) is 3.38. The molecule has 2 aromatic carbocycles. The number of methoxy groups -OCH3 is 1. The van der Waals surface area contributed by atoms with Gasteiger partial charge in [-0.3, -0.25) is 4.99 Å². The van der Waals surface area contributed by atoms with Crippen LogP contribution in [-0.2, 0) is 12.8 Å². The number of nitrogens with zero attached hydrogens (tertiary/aromatic N) is 1. The van der Waals surface area contributed by atoms with Crippen molar-refractivity contribution in [1.29, 1.82) is 0 Å². The summed E-state index contributed by atoms with van der Waals surface area (Å²) in [6, 6.07) is 14.2. The largest absolute Gasteiger partial charge is 0.497 e. The van der Waals surface area contributed by atoms with Gasteiger partial charge < -0.3 is 24.8 Å². The minimum Gasteiger partial charge on any atom is -0.497 e. The van der Waals surface area contributed by atoms with Crippen molar-refractivity contribution in [2.24, 2.45) is 4.99 Å². The number of fused-ring (bicyclic) bond motifs is 1. The minimum atomic E-state index is 0. The molecule has 1 aliphatic rings. The Labute approximate surface area is 183 Å². The van der Waals surface area contributed by atoms with E-state index < -0.39 is 0 Å². The fourth-order valence-electron chi connectivity index (χ4n) is 2.89. The molecule has 7 heteroatoms. The van der Waals surface area contributed by atoms with Gasteiger partial charge in [-0.2, -0.15) is 0 Å². The molecule has 0 saturated heterocycles.